The maximum atomic E-state index is 12.4. The molecule has 0 spiro atoms. The van der Waals surface area contributed by atoms with E-state index in [4.69, 9.17) is 14.9 Å². The first-order chi connectivity index (χ1) is 14.3. The van der Waals surface area contributed by atoms with Gasteiger partial charge in [-0.05, 0) is 46.5 Å². The van der Waals surface area contributed by atoms with Crippen molar-refractivity contribution >= 4 is 44.8 Å². The number of nitrogens with zero attached hydrogens (tertiary/aromatic N) is 1. The summed E-state index contributed by atoms with van der Waals surface area (Å²) >= 11 is 4.43. The quantitative estimate of drug-likeness (QED) is 0.493. The fraction of sp³-hybridized carbons (Fsp3) is 0.429. The zero-order valence-electron chi connectivity index (χ0n) is 16.5. The van der Waals surface area contributed by atoms with Crippen molar-refractivity contribution in [2.75, 3.05) is 11.5 Å². The van der Waals surface area contributed by atoms with Crippen LogP contribution in [0.3, 0.4) is 0 Å². The lowest BCUT2D eigenvalue weighted by Gasteiger charge is -2.34. The van der Waals surface area contributed by atoms with Gasteiger partial charge in [0.2, 0.25) is 5.91 Å². The maximum Gasteiger partial charge on any atom is 0.349 e. The number of carboxylic acids is 1. The molecule has 0 bridgehead atoms. The SMILES string of the molecule is CC(=O)N(c1cccc(-c2sc(C(=O)O)c(OCC(O)O)c2Br)c1)C1CCCCC1. The van der Waals surface area contributed by atoms with Crippen LogP contribution in [-0.2, 0) is 4.79 Å². The van der Waals surface area contributed by atoms with Gasteiger partial charge >= 0.3 is 5.97 Å². The average molecular weight is 498 g/mol. The Morgan fingerprint density at radius 2 is 1.97 bits per heavy atom. The van der Waals surface area contributed by atoms with E-state index in [1.54, 1.807) is 6.92 Å². The number of hydrogen-bond acceptors (Lipinski definition) is 6. The molecule has 1 aliphatic rings. The molecule has 1 saturated carbocycles. The van der Waals surface area contributed by atoms with Gasteiger partial charge in [-0.15, -0.1) is 11.3 Å². The lowest BCUT2D eigenvalue weighted by Crippen LogP contribution is -2.40. The van der Waals surface area contributed by atoms with Crippen LogP contribution in [0, 0.1) is 0 Å². The topological polar surface area (TPSA) is 107 Å². The van der Waals surface area contributed by atoms with E-state index in [0.717, 1.165) is 48.3 Å². The molecule has 1 aliphatic carbocycles. The summed E-state index contributed by atoms with van der Waals surface area (Å²) < 4.78 is 5.75. The first-order valence-corrected chi connectivity index (χ1v) is 11.3. The van der Waals surface area contributed by atoms with Crippen molar-refractivity contribution in [2.24, 2.45) is 0 Å². The van der Waals surface area contributed by atoms with Gasteiger partial charge in [-0.2, -0.15) is 0 Å². The Balaban J connectivity index is 1.99. The molecule has 1 fully saturated rings. The minimum atomic E-state index is -1.72. The second kappa shape index (κ2) is 9.91. The van der Waals surface area contributed by atoms with E-state index in [2.05, 4.69) is 15.9 Å². The van der Waals surface area contributed by atoms with Crippen molar-refractivity contribution in [3.63, 3.8) is 0 Å². The summed E-state index contributed by atoms with van der Waals surface area (Å²) in [4.78, 5) is 26.5. The Bertz CT molecular complexity index is 922. The first-order valence-electron chi connectivity index (χ1n) is 9.74. The van der Waals surface area contributed by atoms with Gasteiger partial charge in [0.15, 0.2) is 16.9 Å². The lowest BCUT2D eigenvalue weighted by molar-refractivity contribution is -0.117. The number of hydrogen-bond donors (Lipinski definition) is 3. The number of anilines is 1. The van der Waals surface area contributed by atoms with Crippen molar-refractivity contribution in [3.05, 3.63) is 33.6 Å². The molecule has 0 aliphatic heterocycles. The summed E-state index contributed by atoms with van der Waals surface area (Å²) in [5.41, 5.74) is 1.52. The van der Waals surface area contributed by atoms with Gasteiger partial charge in [0.25, 0.3) is 0 Å². The smallest absolute Gasteiger partial charge is 0.349 e. The Labute approximate surface area is 187 Å². The molecule has 1 amide bonds. The number of aromatic carboxylic acids is 1. The van der Waals surface area contributed by atoms with E-state index in [1.807, 2.05) is 29.2 Å². The summed E-state index contributed by atoms with van der Waals surface area (Å²) in [5, 5.41) is 27.7. The van der Waals surface area contributed by atoms with Gasteiger partial charge in [0.05, 0.1) is 9.35 Å². The molecule has 162 valence electrons. The van der Waals surface area contributed by atoms with Crippen molar-refractivity contribution in [2.45, 2.75) is 51.4 Å². The highest BCUT2D eigenvalue weighted by Gasteiger charge is 2.27. The Morgan fingerprint density at radius 3 is 2.57 bits per heavy atom. The largest absolute Gasteiger partial charge is 0.485 e. The van der Waals surface area contributed by atoms with Gasteiger partial charge in [-0.1, -0.05) is 31.4 Å². The van der Waals surface area contributed by atoms with Crippen LogP contribution < -0.4 is 9.64 Å². The third kappa shape index (κ3) is 5.03. The number of halogens is 1. The van der Waals surface area contributed by atoms with Gasteiger partial charge < -0.3 is 25.0 Å². The van der Waals surface area contributed by atoms with Crippen LogP contribution in [0.2, 0.25) is 0 Å². The molecule has 1 aromatic carbocycles. The van der Waals surface area contributed by atoms with E-state index >= 15 is 0 Å². The number of thiophene rings is 1. The number of benzene rings is 1. The second-order valence-electron chi connectivity index (χ2n) is 7.23. The molecule has 2 aromatic rings. The van der Waals surface area contributed by atoms with Crippen molar-refractivity contribution in [1.82, 2.24) is 0 Å². The standard InChI is InChI=1S/C21H24BrNO6S/c1-12(24)23(14-7-3-2-4-8-14)15-9-5-6-13(10-15)19-17(22)18(29-11-16(25)26)20(30-19)21(27)28/h5-6,9-10,14,16,25-26H,2-4,7-8,11H2,1H3,(H,27,28). The van der Waals surface area contributed by atoms with E-state index in [0.29, 0.717) is 9.35 Å². The van der Waals surface area contributed by atoms with Gasteiger partial charge in [0.1, 0.15) is 6.61 Å². The molecule has 7 nitrogen and oxygen atoms in total. The molecule has 0 atom stereocenters. The number of ether oxygens (including phenoxy) is 1. The lowest BCUT2D eigenvalue weighted by atomic mass is 9.93. The number of aliphatic hydroxyl groups excluding tert-OH is 1. The van der Waals surface area contributed by atoms with E-state index in [-0.39, 0.29) is 22.6 Å². The molecule has 30 heavy (non-hydrogen) atoms. The maximum absolute atomic E-state index is 12.4. The highest BCUT2D eigenvalue weighted by atomic mass is 79.9. The predicted octanol–water partition coefficient (Wildman–Crippen LogP) is 4.25. The summed E-state index contributed by atoms with van der Waals surface area (Å²) in [6.45, 7) is 1.12. The molecular weight excluding hydrogens is 474 g/mol. The fourth-order valence-electron chi connectivity index (χ4n) is 3.80. The molecule has 3 rings (SSSR count). The molecule has 1 heterocycles. The number of carbonyl (C=O) groups is 2. The molecule has 0 radical (unpaired) electrons. The van der Waals surface area contributed by atoms with Gasteiger partial charge in [0, 0.05) is 18.7 Å². The van der Waals surface area contributed by atoms with Crippen LogP contribution in [0.25, 0.3) is 10.4 Å². The third-order valence-corrected chi connectivity index (χ3v) is 7.27. The molecular formula is C21H24BrNO6S. The fourth-order valence-corrected chi connectivity index (χ4v) is 5.68. The molecule has 3 N–H and O–H groups in total. The Hall–Kier alpha value is -1.94. The van der Waals surface area contributed by atoms with E-state index < -0.39 is 18.9 Å². The molecule has 1 aromatic heterocycles. The van der Waals surface area contributed by atoms with Crippen LogP contribution in [0.1, 0.15) is 48.7 Å². The molecule has 0 unspecified atom stereocenters. The van der Waals surface area contributed by atoms with E-state index in [1.165, 1.54) is 6.42 Å². The summed E-state index contributed by atoms with van der Waals surface area (Å²) in [5.74, 6) is -1.13. The van der Waals surface area contributed by atoms with Crippen LogP contribution in [0.15, 0.2) is 28.7 Å². The minimum absolute atomic E-state index is 0.0172. The van der Waals surface area contributed by atoms with Crippen LogP contribution >= 0.6 is 27.3 Å². The van der Waals surface area contributed by atoms with Crippen LogP contribution in [0.5, 0.6) is 5.75 Å². The number of carboxylic acid groups (broad SMARTS) is 1. The Morgan fingerprint density at radius 1 is 1.27 bits per heavy atom. The molecule has 0 saturated heterocycles. The third-order valence-electron chi connectivity index (χ3n) is 5.05. The van der Waals surface area contributed by atoms with Crippen LogP contribution in [-0.4, -0.2) is 46.1 Å². The van der Waals surface area contributed by atoms with Crippen LogP contribution in [0.4, 0.5) is 5.69 Å². The minimum Gasteiger partial charge on any atom is -0.485 e. The predicted molar refractivity (Wildman–Crippen MR) is 118 cm³/mol. The van der Waals surface area contributed by atoms with Crippen molar-refractivity contribution in [1.29, 1.82) is 0 Å². The summed E-state index contributed by atoms with van der Waals surface area (Å²) in [6, 6.07) is 7.61. The summed E-state index contributed by atoms with van der Waals surface area (Å²) in [6.07, 6.45) is 3.61. The highest BCUT2D eigenvalue weighted by molar-refractivity contribution is 9.10. The van der Waals surface area contributed by atoms with Crippen molar-refractivity contribution in [3.8, 4) is 16.2 Å². The van der Waals surface area contributed by atoms with Gasteiger partial charge in [-0.3, -0.25) is 4.79 Å². The number of rotatable bonds is 7. The zero-order chi connectivity index (χ0) is 21.8. The first kappa shape index (κ1) is 22.7. The zero-order valence-corrected chi connectivity index (χ0v) is 18.9. The Kier molecular flexibility index (Phi) is 7.51. The summed E-state index contributed by atoms with van der Waals surface area (Å²) in [7, 11) is 0. The number of aliphatic hydroxyl groups is 2. The van der Waals surface area contributed by atoms with Crippen molar-refractivity contribution < 1.29 is 29.6 Å². The monoisotopic (exact) mass is 497 g/mol. The average Bonchev–Trinajstić information content (AvgIpc) is 3.04. The highest BCUT2D eigenvalue weighted by Crippen LogP contribution is 2.46. The number of carbonyl (C=O) groups excluding carboxylic acids is 1. The normalized spacial score (nSPS) is 14.7. The number of amides is 1. The van der Waals surface area contributed by atoms with Gasteiger partial charge in [-0.25, -0.2) is 4.79 Å². The van der Waals surface area contributed by atoms with E-state index in [9.17, 15) is 14.7 Å². The molecule has 9 heteroatoms. The second-order valence-corrected chi connectivity index (χ2v) is 9.04.